The molecule has 6 heteroatoms. The van der Waals surface area contributed by atoms with Crippen molar-refractivity contribution in [3.05, 3.63) is 76.6 Å². The molecule has 0 unspecified atom stereocenters. The molecule has 0 fully saturated rings. The van der Waals surface area contributed by atoms with Gasteiger partial charge in [0.1, 0.15) is 0 Å². The summed E-state index contributed by atoms with van der Waals surface area (Å²) in [6.07, 6.45) is 1.77. The second-order valence-corrected chi connectivity index (χ2v) is 6.43. The number of nitrogens with one attached hydrogen (secondary N) is 2. The maximum Gasteiger partial charge on any atom is 0.255 e. The number of rotatable bonds is 5. The Bertz CT molecular complexity index is 968. The normalized spacial score (nSPS) is 10.5. The molecule has 0 aliphatic rings. The number of benzene rings is 2. The van der Waals surface area contributed by atoms with E-state index in [1.165, 1.54) is 0 Å². The molecule has 3 rings (SSSR count). The van der Waals surface area contributed by atoms with Gasteiger partial charge in [-0.15, -0.1) is 0 Å². The van der Waals surface area contributed by atoms with Gasteiger partial charge in [-0.25, -0.2) is 9.97 Å². The highest BCUT2D eigenvalue weighted by Crippen LogP contribution is 2.19. The van der Waals surface area contributed by atoms with Gasteiger partial charge in [-0.05, 0) is 67.8 Å². The Kier molecular flexibility index (Phi) is 5.47. The Morgan fingerprint density at radius 1 is 1.04 bits per heavy atom. The van der Waals surface area contributed by atoms with Crippen LogP contribution in [0.3, 0.4) is 0 Å². The highest BCUT2D eigenvalue weighted by atomic mass is 16.3. The summed E-state index contributed by atoms with van der Waals surface area (Å²) in [5, 5.41) is 15.3. The first-order valence-electron chi connectivity index (χ1n) is 8.65. The topological polar surface area (TPSA) is 87.1 Å². The molecule has 3 N–H and O–H groups in total. The van der Waals surface area contributed by atoms with Gasteiger partial charge in [-0.1, -0.05) is 12.1 Å². The van der Waals surface area contributed by atoms with E-state index in [2.05, 4.69) is 20.6 Å². The highest BCUT2D eigenvalue weighted by Gasteiger charge is 2.09. The van der Waals surface area contributed by atoms with Crippen LogP contribution >= 0.6 is 0 Å². The van der Waals surface area contributed by atoms with E-state index in [0.29, 0.717) is 17.2 Å². The summed E-state index contributed by atoms with van der Waals surface area (Å²) in [6.45, 7) is 5.74. The van der Waals surface area contributed by atoms with E-state index >= 15 is 0 Å². The summed E-state index contributed by atoms with van der Waals surface area (Å²) in [6, 6.07) is 12.6. The lowest BCUT2D eigenvalue weighted by atomic mass is 10.1. The van der Waals surface area contributed by atoms with Gasteiger partial charge in [0.15, 0.2) is 0 Å². The molecular formula is C21H22N4O2. The number of aliphatic hydroxyl groups is 1. The third-order valence-corrected chi connectivity index (χ3v) is 4.36. The molecule has 2 aromatic carbocycles. The number of aryl methyl sites for hydroxylation is 3. The van der Waals surface area contributed by atoms with E-state index in [9.17, 15) is 9.90 Å². The second-order valence-electron chi connectivity index (χ2n) is 6.43. The fraction of sp³-hybridized carbons (Fsp3) is 0.190. The molecular weight excluding hydrogens is 340 g/mol. The summed E-state index contributed by atoms with van der Waals surface area (Å²) in [5.41, 5.74) is 5.67. The van der Waals surface area contributed by atoms with Gasteiger partial charge >= 0.3 is 0 Å². The zero-order valence-corrected chi connectivity index (χ0v) is 15.6. The molecule has 0 saturated carbocycles. The maximum absolute atomic E-state index is 12.5. The van der Waals surface area contributed by atoms with Gasteiger partial charge in [0, 0.05) is 28.8 Å². The van der Waals surface area contributed by atoms with Gasteiger partial charge in [0.05, 0.1) is 6.61 Å². The molecule has 0 bridgehead atoms. The first-order valence-corrected chi connectivity index (χ1v) is 8.65. The van der Waals surface area contributed by atoms with E-state index in [4.69, 9.17) is 0 Å². The first-order chi connectivity index (χ1) is 13.0. The molecule has 0 spiro atoms. The van der Waals surface area contributed by atoms with E-state index < -0.39 is 0 Å². The zero-order valence-electron chi connectivity index (χ0n) is 15.6. The van der Waals surface area contributed by atoms with Crippen molar-refractivity contribution in [1.29, 1.82) is 0 Å². The second kappa shape index (κ2) is 7.97. The molecule has 0 atom stereocenters. The molecule has 0 aliphatic carbocycles. The maximum atomic E-state index is 12.5. The first kappa shape index (κ1) is 18.5. The molecule has 27 heavy (non-hydrogen) atoms. The molecule has 0 saturated heterocycles. The van der Waals surface area contributed by atoms with Crippen LogP contribution in [0.15, 0.2) is 48.7 Å². The van der Waals surface area contributed by atoms with Crippen LogP contribution in [0.1, 0.15) is 32.7 Å². The monoisotopic (exact) mass is 362 g/mol. The number of carbonyl (C=O) groups is 1. The zero-order chi connectivity index (χ0) is 19.4. The SMILES string of the molecule is Cc1ccc(CO)cc1NC(=O)c1ccc(Nc2ncc(C)c(C)n2)cc1. The van der Waals surface area contributed by atoms with Crippen molar-refractivity contribution >= 4 is 23.2 Å². The average molecular weight is 362 g/mol. The summed E-state index contributed by atoms with van der Waals surface area (Å²) < 4.78 is 0. The average Bonchev–Trinajstić information content (AvgIpc) is 2.67. The molecule has 1 amide bonds. The minimum absolute atomic E-state index is 0.0654. The Morgan fingerprint density at radius 2 is 1.78 bits per heavy atom. The van der Waals surface area contributed by atoms with Crippen molar-refractivity contribution in [3.8, 4) is 0 Å². The van der Waals surface area contributed by atoms with Crippen LogP contribution in [-0.4, -0.2) is 21.0 Å². The van der Waals surface area contributed by atoms with Crippen molar-refractivity contribution in [2.75, 3.05) is 10.6 Å². The van der Waals surface area contributed by atoms with Gasteiger partial charge in [-0.2, -0.15) is 0 Å². The van der Waals surface area contributed by atoms with Crippen molar-refractivity contribution in [2.24, 2.45) is 0 Å². The lowest BCUT2D eigenvalue weighted by Crippen LogP contribution is -2.13. The summed E-state index contributed by atoms with van der Waals surface area (Å²) >= 11 is 0. The Labute approximate surface area is 158 Å². The fourth-order valence-corrected chi connectivity index (χ4v) is 2.52. The van der Waals surface area contributed by atoms with Crippen molar-refractivity contribution in [1.82, 2.24) is 9.97 Å². The number of carbonyl (C=O) groups excluding carboxylic acids is 1. The molecule has 138 valence electrons. The summed E-state index contributed by atoms with van der Waals surface area (Å²) in [4.78, 5) is 21.1. The van der Waals surface area contributed by atoms with Crippen LogP contribution in [0.5, 0.6) is 0 Å². The predicted molar refractivity (Wildman–Crippen MR) is 106 cm³/mol. The Balaban J connectivity index is 1.71. The molecule has 1 aromatic heterocycles. The van der Waals surface area contributed by atoms with E-state index in [1.807, 2.05) is 45.0 Å². The molecule has 6 nitrogen and oxygen atoms in total. The summed E-state index contributed by atoms with van der Waals surface area (Å²) in [5.74, 6) is 0.314. The van der Waals surface area contributed by atoms with Gasteiger partial charge < -0.3 is 15.7 Å². The number of anilines is 3. The van der Waals surface area contributed by atoms with Crippen LogP contribution in [0, 0.1) is 20.8 Å². The van der Waals surface area contributed by atoms with Crippen LogP contribution in [0.25, 0.3) is 0 Å². The van der Waals surface area contributed by atoms with E-state index in [0.717, 1.165) is 28.1 Å². The lowest BCUT2D eigenvalue weighted by molar-refractivity contribution is 0.102. The minimum Gasteiger partial charge on any atom is -0.392 e. The minimum atomic E-state index is -0.206. The Morgan fingerprint density at radius 3 is 2.44 bits per heavy atom. The van der Waals surface area contributed by atoms with Gasteiger partial charge in [-0.3, -0.25) is 4.79 Å². The lowest BCUT2D eigenvalue weighted by Gasteiger charge is -2.11. The van der Waals surface area contributed by atoms with Gasteiger partial charge in [0.2, 0.25) is 5.95 Å². The van der Waals surface area contributed by atoms with E-state index in [1.54, 1.807) is 24.4 Å². The fourth-order valence-electron chi connectivity index (χ4n) is 2.52. The molecule has 1 heterocycles. The third-order valence-electron chi connectivity index (χ3n) is 4.36. The molecule has 0 radical (unpaired) electrons. The number of aliphatic hydroxyl groups excluding tert-OH is 1. The van der Waals surface area contributed by atoms with Crippen LogP contribution < -0.4 is 10.6 Å². The van der Waals surface area contributed by atoms with Crippen LogP contribution in [0.2, 0.25) is 0 Å². The quantitative estimate of drug-likeness (QED) is 0.641. The predicted octanol–water partition coefficient (Wildman–Crippen LogP) is 3.89. The van der Waals surface area contributed by atoms with Crippen LogP contribution in [-0.2, 0) is 6.61 Å². The third kappa shape index (κ3) is 4.48. The smallest absolute Gasteiger partial charge is 0.255 e. The summed E-state index contributed by atoms with van der Waals surface area (Å²) in [7, 11) is 0. The van der Waals surface area contributed by atoms with Crippen LogP contribution in [0.4, 0.5) is 17.3 Å². The Hall–Kier alpha value is -3.25. The molecule has 3 aromatic rings. The number of aromatic nitrogens is 2. The van der Waals surface area contributed by atoms with Gasteiger partial charge in [0.25, 0.3) is 5.91 Å². The number of hydrogen-bond acceptors (Lipinski definition) is 5. The number of amides is 1. The number of hydrogen-bond donors (Lipinski definition) is 3. The van der Waals surface area contributed by atoms with Crippen molar-refractivity contribution in [3.63, 3.8) is 0 Å². The van der Waals surface area contributed by atoms with Crippen molar-refractivity contribution in [2.45, 2.75) is 27.4 Å². The van der Waals surface area contributed by atoms with E-state index in [-0.39, 0.29) is 12.5 Å². The highest BCUT2D eigenvalue weighted by molar-refractivity contribution is 6.04. The van der Waals surface area contributed by atoms with Crippen molar-refractivity contribution < 1.29 is 9.90 Å². The standard InChI is InChI=1S/C21H22N4O2/c1-13-4-5-16(12-26)10-19(13)25-20(27)17-6-8-18(9-7-17)24-21-22-11-14(2)15(3)23-21/h4-11,26H,12H2,1-3H3,(H,25,27)(H,22,23,24). The number of nitrogens with zero attached hydrogens (tertiary/aromatic N) is 2. The largest absolute Gasteiger partial charge is 0.392 e. The molecule has 0 aliphatic heterocycles.